The zero-order valence-corrected chi connectivity index (χ0v) is 13.3. The summed E-state index contributed by atoms with van der Waals surface area (Å²) < 4.78 is 6.08. The van der Waals surface area contributed by atoms with Gasteiger partial charge in [0, 0.05) is 38.4 Å². The van der Waals surface area contributed by atoms with Gasteiger partial charge in [-0.15, -0.1) is 0 Å². The van der Waals surface area contributed by atoms with Gasteiger partial charge in [0.1, 0.15) is 0 Å². The van der Waals surface area contributed by atoms with Crippen molar-refractivity contribution in [1.29, 1.82) is 0 Å². The normalized spacial score (nSPS) is 30.4. The zero-order valence-electron chi connectivity index (χ0n) is 13.3. The lowest BCUT2D eigenvalue weighted by Gasteiger charge is -2.37. The summed E-state index contributed by atoms with van der Waals surface area (Å²) in [5, 5.41) is 8.72. The van der Waals surface area contributed by atoms with Crippen LogP contribution in [0.2, 0.25) is 0 Å². The van der Waals surface area contributed by atoms with Crippen LogP contribution in [-0.2, 0) is 17.7 Å². The van der Waals surface area contributed by atoms with Gasteiger partial charge in [-0.1, -0.05) is 0 Å². The molecule has 1 amide bonds. The van der Waals surface area contributed by atoms with E-state index in [2.05, 4.69) is 21.8 Å². The molecule has 2 bridgehead atoms. The molecule has 1 aromatic heterocycles. The van der Waals surface area contributed by atoms with E-state index in [1.54, 1.807) is 5.48 Å². The molecule has 0 spiro atoms. The Morgan fingerprint density at radius 2 is 2.48 bits per heavy atom. The number of hydrogen-bond donors (Lipinski definition) is 2. The Morgan fingerprint density at radius 3 is 3.17 bits per heavy atom. The van der Waals surface area contributed by atoms with Gasteiger partial charge in [0.15, 0.2) is 0 Å². The molecule has 1 aromatic rings. The highest BCUT2D eigenvalue weighted by Gasteiger charge is 2.50. The van der Waals surface area contributed by atoms with Crippen LogP contribution in [0.4, 0.5) is 0 Å². The van der Waals surface area contributed by atoms with Crippen LogP contribution in [0.3, 0.4) is 0 Å². The van der Waals surface area contributed by atoms with Crippen LogP contribution in [0.1, 0.15) is 28.0 Å². The highest BCUT2D eigenvalue weighted by atomic mass is 16.5. The fourth-order valence-corrected chi connectivity index (χ4v) is 4.16. The van der Waals surface area contributed by atoms with Crippen molar-refractivity contribution >= 4 is 5.91 Å². The number of likely N-dealkylation sites (tertiary alicyclic amines) is 1. The number of nitrogens with zero attached hydrogens (tertiary/aromatic N) is 3. The number of carbonyl (C=O) groups excluding carboxylic acids is 1. The number of morpholine rings is 1. The molecule has 124 valence electrons. The molecule has 0 aromatic carbocycles. The first kappa shape index (κ1) is 15.0. The van der Waals surface area contributed by atoms with Gasteiger partial charge in [-0.3, -0.25) is 24.8 Å². The van der Waals surface area contributed by atoms with Crippen molar-refractivity contribution in [2.24, 2.45) is 0 Å². The minimum atomic E-state index is -0.513. The van der Waals surface area contributed by atoms with E-state index in [-0.39, 0.29) is 5.60 Å². The molecule has 2 saturated heterocycles. The van der Waals surface area contributed by atoms with E-state index in [0.717, 1.165) is 56.9 Å². The van der Waals surface area contributed by atoms with Crippen molar-refractivity contribution in [2.45, 2.75) is 31.0 Å². The Balaban J connectivity index is 1.46. The first-order chi connectivity index (χ1) is 11.1. The number of amides is 1. The number of hydrogen-bond acceptors (Lipinski definition) is 6. The number of likely N-dealkylation sites (N-methyl/N-ethyl adjacent to an activating group) is 1. The first-order valence-corrected chi connectivity index (χ1v) is 8.07. The summed E-state index contributed by atoms with van der Waals surface area (Å²) in [5.41, 5.74) is 4.14. The van der Waals surface area contributed by atoms with E-state index in [4.69, 9.17) is 9.94 Å². The van der Waals surface area contributed by atoms with E-state index < -0.39 is 5.91 Å². The number of ether oxygens (including phenoxy) is 1. The largest absolute Gasteiger partial charge is 0.371 e. The fraction of sp³-hybridized carbons (Fsp3) is 0.625. The van der Waals surface area contributed by atoms with E-state index >= 15 is 0 Å². The quantitative estimate of drug-likeness (QED) is 0.605. The lowest BCUT2D eigenvalue weighted by Crippen LogP contribution is -2.49. The average Bonchev–Trinajstić information content (AvgIpc) is 3.10. The number of fused-ring (bicyclic) bond motifs is 3. The number of pyridine rings is 1. The molecule has 7 nitrogen and oxygen atoms in total. The van der Waals surface area contributed by atoms with E-state index in [9.17, 15) is 4.79 Å². The third kappa shape index (κ3) is 2.63. The predicted molar refractivity (Wildman–Crippen MR) is 82.2 cm³/mol. The molecule has 0 radical (unpaired) electrons. The van der Waals surface area contributed by atoms with Crippen LogP contribution in [0.15, 0.2) is 12.3 Å². The molecule has 4 heterocycles. The lowest BCUT2D eigenvalue weighted by molar-refractivity contribution is -0.0587. The Bertz CT molecular complexity index is 634. The smallest absolute Gasteiger partial charge is 0.276 e. The van der Waals surface area contributed by atoms with E-state index in [0.29, 0.717) is 11.6 Å². The molecule has 0 aliphatic carbocycles. The predicted octanol–water partition coefficient (Wildman–Crippen LogP) is 0.0318. The van der Waals surface area contributed by atoms with E-state index in [1.165, 1.54) is 6.20 Å². The summed E-state index contributed by atoms with van der Waals surface area (Å²) >= 11 is 0. The van der Waals surface area contributed by atoms with Gasteiger partial charge in [-0.05, 0) is 31.5 Å². The summed E-state index contributed by atoms with van der Waals surface area (Å²) in [6.07, 6.45) is 3.51. The minimum absolute atomic E-state index is 0.0202. The second-order valence-electron chi connectivity index (χ2n) is 7.00. The molecule has 3 aliphatic heterocycles. The summed E-state index contributed by atoms with van der Waals surface area (Å²) in [4.78, 5) is 20.7. The Morgan fingerprint density at radius 1 is 1.61 bits per heavy atom. The molecule has 0 unspecified atom stereocenters. The molecule has 2 fully saturated rings. The zero-order chi connectivity index (χ0) is 16.0. The molecule has 7 heteroatoms. The topological polar surface area (TPSA) is 77.9 Å². The Labute approximate surface area is 135 Å². The van der Waals surface area contributed by atoms with Crippen LogP contribution >= 0.6 is 0 Å². The second kappa shape index (κ2) is 5.52. The highest BCUT2D eigenvalue weighted by molar-refractivity contribution is 5.93. The van der Waals surface area contributed by atoms with Gasteiger partial charge < -0.3 is 4.74 Å². The van der Waals surface area contributed by atoms with Gasteiger partial charge in [0.2, 0.25) is 0 Å². The Hall–Kier alpha value is -1.54. The molecule has 2 N–H and O–H groups in total. The van der Waals surface area contributed by atoms with E-state index in [1.807, 2.05) is 6.07 Å². The van der Waals surface area contributed by atoms with Gasteiger partial charge in [-0.2, -0.15) is 0 Å². The lowest BCUT2D eigenvalue weighted by atomic mass is 9.98. The third-order valence-corrected chi connectivity index (χ3v) is 5.36. The molecule has 0 saturated carbocycles. The minimum Gasteiger partial charge on any atom is -0.371 e. The molecular formula is C16H22N4O3. The van der Waals surface area contributed by atoms with Crippen LogP contribution in [-0.4, -0.2) is 70.8 Å². The number of rotatable bonds is 3. The third-order valence-electron chi connectivity index (χ3n) is 5.36. The number of aromatic nitrogens is 1. The number of nitrogens with one attached hydrogen (secondary N) is 1. The van der Waals surface area contributed by atoms with Crippen LogP contribution in [0.25, 0.3) is 0 Å². The van der Waals surface area contributed by atoms with Gasteiger partial charge in [-0.25, -0.2) is 5.48 Å². The average molecular weight is 318 g/mol. The molecule has 2 atom stereocenters. The molecule has 3 aliphatic rings. The summed E-state index contributed by atoms with van der Waals surface area (Å²) in [6, 6.07) is 2.40. The van der Waals surface area contributed by atoms with Crippen molar-refractivity contribution < 1.29 is 14.7 Å². The molecule has 23 heavy (non-hydrogen) atoms. The fourth-order valence-electron chi connectivity index (χ4n) is 4.16. The van der Waals surface area contributed by atoms with Gasteiger partial charge in [0.05, 0.1) is 23.5 Å². The van der Waals surface area contributed by atoms with Gasteiger partial charge in [0.25, 0.3) is 5.91 Å². The van der Waals surface area contributed by atoms with Crippen LogP contribution in [0.5, 0.6) is 0 Å². The maximum Gasteiger partial charge on any atom is 0.276 e. The summed E-state index contributed by atoms with van der Waals surface area (Å²) in [7, 11) is 2.18. The van der Waals surface area contributed by atoms with Crippen molar-refractivity contribution in [3.05, 3.63) is 29.1 Å². The highest BCUT2D eigenvalue weighted by Crippen LogP contribution is 2.37. The maximum absolute atomic E-state index is 11.5. The van der Waals surface area contributed by atoms with Crippen molar-refractivity contribution in [1.82, 2.24) is 20.3 Å². The van der Waals surface area contributed by atoms with Crippen molar-refractivity contribution in [3.63, 3.8) is 0 Å². The molecule has 4 rings (SSSR count). The van der Waals surface area contributed by atoms with Gasteiger partial charge >= 0.3 is 0 Å². The summed E-state index contributed by atoms with van der Waals surface area (Å²) in [6.45, 7) is 4.52. The number of hydroxylamine groups is 1. The maximum atomic E-state index is 11.5. The van der Waals surface area contributed by atoms with Crippen molar-refractivity contribution in [2.75, 3.05) is 33.3 Å². The molecular weight excluding hydrogens is 296 g/mol. The Kier molecular flexibility index (Phi) is 3.60. The van der Waals surface area contributed by atoms with Crippen LogP contribution < -0.4 is 5.48 Å². The number of carbonyl (C=O) groups is 1. The summed E-state index contributed by atoms with van der Waals surface area (Å²) in [5.74, 6) is -0.513. The van der Waals surface area contributed by atoms with Crippen molar-refractivity contribution in [3.8, 4) is 0 Å². The second-order valence-corrected chi connectivity index (χ2v) is 7.00. The first-order valence-electron chi connectivity index (χ1n) is 8.07. The monoisotopic (exact) mass is 318 g/mol. The SMILES string of the molecule is CN1C[C@]2(CN3CCc4cc(C(=O)NO)cnc4C3)C[C@H]1CO2. The standard InChI is InChI=1S/C16H22N4O3/c1-19-9-16(5-13(19)8-23-16)10-20-3-2-11-4-12(15(21)18-22)6-17-14(11)7-20/h4,6,13,22H,2-3,5,7-10H2,1H3,(H,18,21)/t13-,16-/m0/s1. The van der Waals surface area contributed by atoms with Crippen LogP contribution in [0, 0.1) is 0 Å².